The van der Waals surface area contributed by atoms with Gasteiger partial charge in [-0.2, -0.15) is 0 Å². The van der Waals surface area contributed by atoms with Gasteiger partial charge in [-0.15, -0.1) is 0 Å². The van der Waals surface area contributed by atoms with E-state index >= 15 is 0 Å². The molecule has 1 rings (SSSR count). The molecule has 0 unspecified atom stereocenters. The van der Waals surface area contributed by atoms with Gasteiger partial charge in [0.1, 0.15) is 0 Å². The lowest BCUT2D eigenvalue weighted by molar-refractivity contribution is 0.318. The Morgan fingerprint density at radius 1 is 1.22 bits per heavy atom. The summed E-state index contributed by atoms with van der Waals surface area (Å²) in [5.41, 5.74) is 7.41. The van der Waals surface area contributed by atoms with Crippen LogP contribution >= 0.6 is 0 Å². The number of rotatable bonds is 6. The summed E-state index contributed by atoms with van der Waals surface area (Å²) in [6.07, 6.45) is 1.06. The van der Waals surface area contributed by atoms with Crippen molar-refractivity contribution in [1.82, 2.24) is 4.90 Å². The van der Waals surface area contributed by atoms with Crippen LogP contribution in [0.2, 0.25) is 0 Å². The van der Waals surface area contributed by atoms with Crippen molar-refractivity contribution in [3.05, 3.63) is 29.8 Å². The van der Waals surface area contributed by atoms with Gasteiger partial charge in [0.25, 0.3) is 0 Å². The first kappa shape index (κ1) is 14.3. The SMILES string of the molecule is CN(C)CCCN(C)c1ccccc1C(N)=NO. The average molecular weight is 250 g/mol. The summed E-state index contributed by atoms with van der Waals surface area (Å²) in [7, 11) is 6.13. The van der Waals surface area contributed by atoms with Crippen LogP contribution in [-0.4, -0.2) is 50.2 Å². The smallest absolute Gasteiger partial charge is 0.172 e. The second-order valence-electron chi connectivity index (χ2n) is 4.58. The zero-order valence-corrected chi connectivity index (χ0v) is 11.3. The van der Waals surface area contributed by atoms with Crippen LogP contribution < -0.4 is 10.6 Å². The number of oxime groups is 1. The van der Waals surface area contributed by atoms with Crippen LogP contribution in [0.4, 0.5) is 5.69 Å². The molecule has 0 saturated heterocycles. The van der Waals surface area contributed by atoms with Gasteiger partial charge in [-0.1, -0.05) is 17.3 Å². The Bertz CT molecular complexity index is 404. The predicted molar refractivity (Wildman–Crippen MR) is 75.4 cm³/mol. The maximum atomic E-state index is 8.78. The Morgan fingerprint density at radius 3 is 2.50 bits per heavy atom. The summed E-state index contributed by atoms with van der Waals surface area (Å²) < 4.78 is 0. The van der Waals surface area contributed by atoms with E-state index in [2.05, 4.69) is 29.1 Å². The van der Waals surface area contributed by atoms with E-state index in [-0.39, 0.29) is 5.84 Å². The molecule has 0 saturated carbocycles. The van der Waals surface area contributed by atoms with Gasteiger partial charge < -0.3 is 20.7 Å². The van der Waals surface area contributed by atoms with Crippen LogP contribution in [0.15, 0.2) is 29.4 Å². The summed E-state index contributed by atoms with van der Waals surface area (Å²) in [6, 6.07) is 7.66. The molecule has 5 nitrogen and oxygen atoms in total. The molecule has 0 bridgehead atoms. The van der Waals surface area contributed by atoms with Gasteiger partial charge in [-0.05, 0) is 39.2 Å². The molecule has 5 heteroatoms. The first-order valence-electron chi connectivity index (χ1n) is 5.99. The number of anilines is 1. The molecular formula is C13H22N4O. The minimum absolute atomic E-state index is 0.144. The van der Waals surface area contributed by atoms with Crippen molar-refractivity contribution in [3.8, 4) is 0 Å². The fourth-order valence-corrected chi connectivity index (χ4v) is 1.82. The molecule has 0 aliphatic heterocycles. The van der Waals surface area contributed by atoms with Crippen LogP contribution in [0, 0.1) is 0 Å². The van der Waals surface area contributed by atoms with Gasteiger partial charge in [0.05, 0.1) is 0 Å². The van der Waals surface area contributed by atoms with Gasteiger partial charge in [-0.3, -0.25) is 0 Å². The second-order valence-corrected chi connectivity index (χ2v) is 4.58. The van der Waals surface area contributed by atoms with E-state index in [9.17, 15) is 0 Å². The molecule has 0 atom stereocenters. The zero-order chi connectivity index (χ0) is 13.5. The largest absolute Gasteiger partial charge is 0.409 e. The van der Waals surface area contributed by atoms with Crippen LogP contribution in [0.5, 0.6) is 0 Å². The summed E-state index contributed by atoms with van der Waals surface area (Å²) in [4.78, 5) is 4.28. The van der Waals surface area contributed by atoms with Gasteiger partial charge >= 0.3 is 0 Å². The van der Waals surface area contributed by atoms with Gasteiger partial charge in [0.15, 0.2) is 5.84 Å². The van der Waals surface area contributed by atoms with E-state index in [1.54, 1.807) is 0 Å². The highest BCUT2D eigenvalue weighted by atomic mass is 16.4. The summed E-state index contributed by atoms with van der Waals surface area (Å²) in [5.74, 6) is 0.144. The number of benzene rings is 1. The van der Waals surface area contributed by atoms with Crippen molar-refractivity contribution in [2.75, 3.05) is 39.1 Å². The lowest BCUT2D eigenvalue weighted by atomic mass is 10.1. The fraction of sp³-hybridized carbons (Fsp3) is 0.462. The van der Waals surface area contributed by atoms with Crippen molar-refractivity contribution in [2.45, 2.75) is 6.42 Å². The number of nitrogens with two attached hydrogens (primary N) is 1. The molecule has 3 N–H and O–H groups in total. The molecule has 0 heterocycles. The number of para-hydroxylation sites is 1. The molecule has 0 radical (unpaired) electrons. The molecule has 0 aliphatic rings. The average Bonchev–Trinajstić information content (AvgIpc) is 2.37. The molecule has 0 aliphatic carbocycles. The normalized spacial score (nSPS) is 11.9. The van der Waals surface area contributed by atoms with Crippen molar-refractivity contribution < 1.29 is 5.21 Å². The molecule has 0 aromatic heterocycles. The minimum Gasteiger partial charge on any atom is -0.409 e. The van der Waals surface area contributed by atoms with Gasteiger partial charge in [-0.25, -0.2) is 0 Å². The fourth-order valence-electron chi connectivity index (χ4n) is 1.82. The number of hydrogen-bond acceptors (Lipinski definition) is 4. The van der Waals surface area contributed by atoms with E-state index in [1.165, 1.54) is 0 Å². The highest BCUT2D eigenvalue weighted by molar-refractivity contribution is 6.02. The molecular weight excluding hydrogens is 228 g/mol. The van der Waals surface area contributed by atoms with E-state index in [1.807, 2.05) is 31.3 Å². The third kappa shape index (κ3) is 3.92. The quantitative estimate of drug-likeness (QED) is 0.344. The van der Waals surface area contributed by atoms with Crippen LogP contribution in [0.3, 0.4) is 0 Å². The molecule has 18 heavy (non-hydrogen) atoms. The van der Waals surface area contributed by atoms with E-state index in [0.717, 1.165) is 30.8 Å². The Hall–Kier alpha value is -1.75. The Morgan fingerprint density at radius 2 is 1.89 bits per heavy atom. The van der Waals surface area contributed by atoms with Crippen LogP contribution in [-0.2, 0) is 0 Å². The maximum Gasteiger partial charge on any atom is 0.172 e. The standard InChI is InChI=1S/C13H22N4O/c1-16(2)9-6-10-17(3)12-8-5-4-7-11(12)13(14)15-18/h4-5,7-8,18H,6,9-10H2,1-3H3,(H2,14,15). The number of hydrogen-bond donors (Lipinski definition) is 2. The molecule has 1 aromatic carbocycles. The highest BCUT2D eigenvalue weighted by Crippen LogP contribution is 2.18. The summed E-state index contributed by atoms with van der Waals surface area (Å²) in [5, 5.41) is 11.9. The summed E-state index contributed by atoms with van der Waals surface area (Å²) in [6.45, 7) is 1.96. The zero-order valence-electron chi connectivity index (χ0n) is 11.3. The van der Waals surface area contributed by atoms with Crippen LogP contribution in [0.25, 0.3) is 0 Å². The number of nitrogens with zero attached hydrogens (tertiary/aromatic N) is 3. The first-order chi connectivity index (χ1) is 8.56. The van der Waals surface area contributed by atoms with Crippen LogP contribution in [0.1, 0.15) is 12.0 Å². The third-order valence-corrected chi connectivity index (χ3v) is 2.80. The highest BCUT2D eigenvalue weighted by Gasteiger charge is 2.10. The van der Waals surface area contributed by atoms with E-state index < -0.39 is 0 Å². The predicted octanol–water partition coefficient (Wildman–Crippen LogP) is 1.17. The lowest BCUT2D eigenvalue weighted by Gasteiger charge is -2.22. The minimum atomic E-state index is 0.144. The van der Waals surface area contributed by atoms with E-state index in [0.29, 0.717) is 0 Å². The Labute approximate surface area is 108 Å². The van der Waals surface area contributed by atoms with Gasteiger partial charge in [0.2, 0.25) is 0 Å². The Kier molecular flexibility index (Phi) is 5.45. The maximum absolute atomic E-state index is 8.78. The second kappa shape index (κ2) is 6.86. The molecule has 0 fully saturated rings. The van der Waals surface area contributed by atoms with Crippen molar-refractivity contribution in [3.63, 3.8) is 0 Å². The van der Waals surface area contributed by atoms with Crippen molar-refractivity contribution in [2.24, 2.45) is 10.9 Å². The summed E-state index contributed by atoms with van der Waals surface area (Å²) >= 11 is 0. The molecule has 100 valence electrons. The first-order valence-corrected chi connectivity index (χ1v) is 5.99. The van der Waals surface area contributed by atoms with Gasteiger partial charge in [0, 0.05) is 24.8 Å². The molecule has 0 spiro atoms. The Balaban J connectivity index is 2.76. The number of amidine groups is 1. The molecule has 1 aromatic rings. The van der Waals surface area contributed by atoms with Crippen molar-refractivity contribution in [1.29, 1.82) is 0 Å². The molecule has 0 amide bonds. The third-order valence-electron chi connectivity index (χ3n) is 2.80. The van der Waals surface area contributed by atoms with Crippen molar-refractivity contribution >= 4 is 11.5 Å². The monoisotopic (exact) mass is 250 g/mol. The lowest BCUT2D eigenvalue weighted by Crippen LogP contribution is -2.26. The van der Waals surface area contributed by atoms with E-state index in [4.69, 9.17) is 10.9 Å². The topological polar surface area (TPSA) is 65.1 Å².